The van der Waals surface area contributed by atoms with Crippen LogP contribution in [0.5, 0.6) is 0 Å². The summed E-state index contributed by atoms with van der Waals surface area (Å²) in [6.45, 7) is 0.474. The van der Waals surface area contributed by atoms with Crippen molar-refractivity contribution < 1.29 is 24.0 Å². The minimum absolute atomic E-state index is 0.0368. The predicted octanol–water partition coefficient (Wildman–Crippen LogP) is 4.05. The first-order valence-electron chi connectivity index (χ1n) is 17.6. The van der Waals surface area contributed by atoms with Crippen LogP contribution in [-0.2, 0) is 32.1 Å². The number of pyridine rings is 1. The van der Waals surface area contributed by atoms with Gasteiger partial charge in [0.1, 0.15) is 6.04 Å². The van der Waals surface area contributed by atoms with Crippen molar-refractivity contribution in [3.05, 3.63) is 108 Å². The van der Waals surface area contributed by atoms with Gasteiger partial charge in [0.2, 0.25) is 23.6 Å². The number of fused-ring (bicyclic) bond motifs is 4. The molecule has 270 valence electrons. The van der Waals surface area contributed by atoms with E-state index in [2.05, 4.69) is 15.6 Å². The van der Waals surface area contributed by atoms with Gasteiger partial charge in [0.25, 0.3) is 5.91 Å². The molecule has 0 spiro atoms. The van der Waals surface area contributed by atoms with Crippen LogP contribution in [0.2, 0.25) is 0 Å². The van der Waals surface area contributed by atoms with Gasteiger partial charge in [-0.15, -0.1) is 11.8 Å². The highest BCUT2D eigenvalue weighted by molar-refractivity contribution is 7.99. The Bertz CT molecular complexity index is 1940. The maximum Gasteiger partial charge on any atom is 0.254 e. The molecular formula is C40H44N6O5S. The molecule has 11 nitrogen and oxygen atoms in total. The molecule has 2 aliphatic rings. The Morgan fingerprint density at radius 3 is 2.48 bits per heavy atom. The fourth-order valence-electron chi connectivity index (χ4n) is 6.84. The Balaban J connectivity index is 1.16. The van der Waals surface area contributed by atoms with Gasteiger partial charge in [0.05, 0.1) is 6.54 Å². The molecule has 1 fully saturated rings. The van der Waals surface area contributed by atoms with E-state index >= 15 is 0 Å². The van der Waals surface area contributed by atoms with E-state index in [9.17, 15) is 24.0 Å². The minimum Gasteiger partial charge on any atom is -0.351 e. The number of likely N-dealkylation sites (N-methyl/N-ethyl adjacent to an activating group) is 2. The molecule has 2 bridgehead atoms. The first-order valence-corrected chi connectivity index (χ1v) is 18.6. The number of nitrogens with zero attached hydrogens (tertiary/aromatic N) is 4. The fraction of sp³-hybridized carbons (Fsp3) is 0.350. The van der Waals surface area contributed by atoms with E-state index in [0.717, 1.165) is 26.8 Å². The number of carbonyl (C=O) groups is 5. The molecule has 5 amide bonds. The summed E-state index contributed by atoms with van der Waals surface area (Å²) < 4.78 is 0. The molecule has 0 saturated carbocycles. The minimum atomic E-state index is -0.920. The molecule has 1 aromatic heterocycles. The van der Waals surface area contributed by atoms with Crippen molar-refractivity contribution in [3.63, 3.8) is 0 Å². The SMILES string of the molecule is CN1CC(=O)N2C[C@H](NC(=O)CCc3ccncc3)C[C@H]2CSc2cccc(c2)C(=O)N(C)[C@H](C(=O)NCc2ccc3ccccc3c2)CCC1=O. The highest BCUT2D eigenvalue weighted by atomic mass is 32.2. The van der Waals surface area contributed by atoms with E-state index in [1.54, 1.807) is 43.5 Å². The van der Waals surface area contributed by atoms with Gasteiger partial charge in [-0.3, -0.25) is 29.0 Å². The van der Waals surface area contributed by atoms with Crippen molar-refractivity contribution >= 4 is 52.1 Å². The summed E-state index contributed by atoms with van der Waals surface area (Å²) in [5, 5.41) is 8.25. The van der Waals surface area contributed by atoms with Gasteiger partial charge in [-0.25, -0.2) is 0 Å². The Hall–Kier alpha value is -5.23. The Morgan fingerprint density at radius 1 is 0.885 bits per heavy atom. The predicted molar refractivity (Wildman–Crippen MR) is 200 cm³/mol. The van der Waals surface area contributed by atoms with Crippen LogP contribution in [0.4, 0.5) is 0 Å². The van der Waals surface area contributed by atoms with Gasteiger partial charge in [-0.1, -0.05) is 42.5 Å². The number of hydrogen-bond acceptors (Lipinski definition) is 7. The number of carbonyl (C=O) groups excluding carboxylic acids is 5. The van der Waals surface area contributed by atoms with Crippen LogP contribution < -0.4 is 10.6 Å². The molecule has 3 atom stereocenters. The van der Waals surface area contributed by atoms with Crippen LogP contribution in [0.1, 0.15) is 47.2 Å². The summed E-state index contributed by atoms with van der Waals surface area (Å²) in [6.07, 6.45) is 4.94. The third kappa shape index (κ3) is 9.16. The zero-order valence-corrected chi connectivity index (χ0v) is 30.3. The molecule has 3 heterocycles. The third-order valence-corrected chi connectivity index (χ3v) is 11.0. The smallest absolute Gasteiger partial charge is 0.254 e. The summed E-state index contributed by atoms with van der Waals surface area (Å²) in [5.74, 6) is -0.738. The monoisotopic (exact) mass is 720 g/mol. The number of amides is 5. The van der Waals surface area contributed by atoms with E-state index in [4.69, 9.17) is 0 Å². The largest absolute Gasteiger partial charge is 0.351 e. The Labute approximate surface area is 308 Å². The number of nitrogens with one attached hydrogen (secondary N) is 2. The normalized spacial score (nSPS) is 20.2. The second kappa shape index (κ2) is 16.9. The van der Waals surface area contributed by atoms with Gasteiger partial charge in [-0.2, -0.15) is 0 Å². The first kappa shape index (κ1) is 36.6. The molecule has 3 aromatic carbocycles. The van der Waals surface area contributed by atoms with Crippen LogP contribution in [0.25, 0.3) is 10.8 Å². The standard InChI is InChI=1S/C40H44N6O5S/c1-44-25-38(49)46-24-32(43-36(47)14-11-27-16-18-41-19-17-27)22-33(46)26-52-34-9-5-8-31(21-34)40(51)45(2)35(13-15-37(44)48)39(50)42-23-28-10-12-29-6-3-4-7-30(29)20-28/h3-10,12,16-21,32-33,35H,11,13-15,22-26H2,1-2H3,(H,42,50)(H,43,47)/t32-,33+,35+/m1/s1. The lowest BCUT2D eigenvalue weighted by atomic mass is 10.1. The highest BCUT2D eigenvalue weighted by Gasteiger charge is 2.37. The lowest BCUT2D eigenvalue weighted by Crippen LogP contribution is -2.48. The molecule has 12 heteroatoms. The lowest BCUT2D eigenvalue weighted by molar-refractivity contribution is -0.140. The van der Waals surface area contributed by atoms with Crippen LogP contribution in [0.15, 0.2) is 96.2 Å². The van der Waals surface area contributed by atoms with Gasteiger partial charge >= 0.3 is 0 Å². The maximum absolute atomic E-state index is 13.8. The van der Waals surface area contributed by atoms with Gasteiger partial charge in [0, 0.05) is 80.7 Å². The van der Waals surface area contributed by atoms with E-state index in [1.807, 2.05) is 66.7 Å². The summed E-state index contributed by atoms with van der Waals surface area (Å²) in [4.78, 5) is 77.0. The van der Waals surface area contributed by atoms with Gasteiger partial charge in [0.15, 0.2) is 0 Å². The second-order valence-corrected chi connectivity index (χ2v) is 14.6. The summed E-state index contributed by atoms with van der Waals surface area (Å²) in [7, 11) is 3.17. The Kier molecular flexibility index (Phi) is 11.9. The second-order valence-electron chi connectivity index (χ2n) is 13.5. The van der Waals surface area contributed by atoms with E-state index < -0.39 is 6.04 Å². The molecule has 0 aliphatic carbocycles. The molecule has 0 radical (unpaired) electrons. The van der Waals surface area contributed by atoms with Gasteiger partial charge < -0.3 is 25.3 Å². The zero-order chi connectivity index (χ0) is 36.6. The van der Waals surface area contributed by atoms with Crippen molar-refractivity contribution in [3.8, 4) is 0 Å². The summed E-state index contributed by atoms with van der Waals surface area (Å²) >= 11 is 1.53. The molecule has 1 saturated heterocycles. The number of thioether (sulfide) groups is 1. The quantitative estimate of drug-likeness (QED) is 0.295. The molecule has 2 aliphatic heterocycles. The van der Waals surface area contributed by atoms with Crippen LogP contribution in [0.3, 0.4) is 0 Å². The first-order chi connectivity index (χ1) is 25.1. The maximum atomic E-state index is 13.8. The molecule has 2 N–H and O–H groups in total. The molecule has 0 unspecified atom stereocenters. The lowest BCUT2D eigenvalue weighted by Gasteiger charge is -2.29. The molecule has 4 aromatic rings. The number of benzene rings is 3. The molecule has 52 heavy (non-hydrogen) atoms. The van der Waals surface area contributed by atoms with Crippen molar-refractivity contribution in [1.82, 2.24) is 30.3 Å². The van der Waals surface area contributed by atoms with E-state index in [0.29, 0.717) is 37.1 Å². The van der Waals surface area contributed by atoms with Crippen molar-refractivity contribution in [2.24, 2.45) is 0 Å². The van der Waals surface area contributed by atoms with Gasteiger partial charge in [-0.05, 0) is 77.6 Å². The number of aryl methyl sites for hydroxylation is 1. The average molecular weight is 721 g/mol. The van der Waals surface area contributed by atoms with Crippen LogP contribution in [-0.4, -0.2) is 100 Å². The van der Waals surface area contributed by atoms with Crippen LogP contribution >= 0.6 is 11.8 Å². The molecule has 6 rings (SSSR count). The number of rotatable bonds is 7. The van der Waals surface area contributed by atoms with Crippen LogP contribution in [0, 0.1) is 0 Å². The van der Waals surface area contributed by atoms with E-state index in [1.165, 1.54) is 21.6 Å². The third-order valence-electron chi connectivity index (χ3n) is 9.81. The average Bonchev–Trinajstić information content (AvgIpc) is 3.57. The van der Waals surface area contributed by atoms with E-state index in [-0.39, 0.29) is 67.6 Å². The summed E-state index contributed by atoms with van der Waals surface area (Å²) in [6, 6.07) is 23.7. The Morgan fingerprint density at radius 2 is 1.67 bits per heavy atom. The summed E-state index contributed by atoms with van der Waals surface area (Å²) in [5.41, 5.74) is 2.37. The molecular weight excluding hydrogens is 677 g/mol. The van der Waals surface area contributed by atoms with Crippen molar-refractivity contribution in [2.75, 3.05) is 32.9 Å². The van der Waals surface area contributed by atoms with Crippen molar-refractivity contribution in [1.29, 1.82) is 0 Å². The number of hydrogen-bond donors (Lipinski definition) is 2. The highest BCUT2D eigenvalue weighted by Crippen LogP contribution is 2.28. The fourth-order valence-corrected chi connectivity index (χ4v) is 7.92. The van der Waals surface area contributed by atoms with Crippen molar-refractivity contribution in [2.45, 2.75) is 61.7 Å². The number of aromatic nitrogens is 1. The topological polar surface area (TPSA) is 132 Å². The zero-order valence-electron chi connectivity index (χ0n) is 29.5.